The summed E-state index contributed by atoms with van der Waals surface area (Å²) >= 11 is 0. The van der Waals surface area contributed by atoms with Crippen LogP contribution in [0, 0.1) is 12.8 Å². The first-order chi connectivity index (χ1) is 7.72. The van der Waals surface area contributed by atoms with Crippen LogP contribution in [-0.2, 0) is 0 Å². The Hall–Kier alpha value is -1.11. The number of benzene rings is 1. The molecule has 0 saturated heterocycles. The van der Waals surface area contributed by atoms with Crippen molar-refractivity contribution in [3.05, 3.63) is 35.4 Å². The van der Waals surface area contributed by atoms with E-state index in [-0.39, 0.29) is 0 Å². The number of aryl methyl sites for hydroxylation is 1. The van der Waals surface area contributed by atoms with Crippen LogP contribution in [0.25, 0.3) is 0 Å². The van der Waals surface area contributed by atoms with Gasteiger partial charge in [0.25, 0.3) is 0 Å². The number of hydrogen-bond donors (Lipinski definition) is 0. The van der Waals surface area contributed by atoms with E-state index in [1.54, 1.807) is 0 Å². The molecule has 1 rings (SSSR count). The van der Waals surface area contributed by atoms with Gasteiger partial charge in [0.15, 0.2) is 0 Å². The predicted molar refractivity (Wildman–Crippen MR) is 72.3 cm³/mol. The average molecular weight is 217 g/mol. The fourth-order valence-electron chi connectivity index (χ4n) is 2.15. The minimum absolute atomic E-state index is 0.609. The molecule has 0 bridgehead atoms. The van der Waals surface area contributed by atoms with E-state index >= 15 is 0 Å². The van der Waals surface area contributed by atoms with Gasteiger partial charge >= 0.3 is 0 Å². The molecular formula is C15H23N. The molecule has 0 saturated carbocycles. The smallest absolute Gasteiger partial charge is 0.0447 e. The van der Waals surface area contributed by atoms with E-state index in [1.165, 1.54) is 36.1 Å². The van der Waals surface area contributed by atoms with Crippen molar-refractivity contribution in [2.75, 3.05) is 7.05 Å². The molecule has 0 aliphatic heterocycles. The van der Waals surface area contributed by atoms with E-state index in [2.05, 4.69) is 50.0 Å². The highest BCUT2D eigenvalue weighted by atomic mass is 14.7. The van der Waals surface area contributed by atoms with Crippen LogP contribution in [0.3, 0.4) is 0 Å². The Balaban J connectivity index is 2.93. The van der Waals surface area contributed by atoms with Gasteiger partial charge in [0.2, 0.25) is 0 Å². The lowest BCUT2D eigenvalue weighted by atomic mass is 9.90. The summed E-state index contributed by atoms with van der Waals surface area (Å²) in [4.78, 5) is 4.49. The quantitative estimate of drug-likeness (QED) is 0.654. The Labute approximate surface area is 99.6 Å². The van der Waals surface area contributed by atoms with Gasteiger partial charge in [0.05, 0.1) is 0 Å². The molecule has 0 aliphatic rings. The second-order valence-corrected chi connectivity index (χ2v) is 4.37. The monoisotopic (exact) mass is 217 g/mol. The van der Waals surface area contributed by atoms with E-state index in [4.69, 9.17) is 0 Å². The van der Waals surface area contributed by atoms with Crippen LogP contribution < -0.4 is 0 Å². The van der Waals surface area contributed by atoms with Gasteiger partial charge in [-0.15, -0.1) is 0 Å². The molecule has 0 amide bonds. The van der Waals surface area contributed by atoms with E-state index in [1.807, 2.05) is 7.05 Å². The molecular weight excluding hydrogens is 194 g/mol. The average Bonchev–Trinajstić information content (AvgIpc) is 2.31. The lowest BCUT2D eigenvalue weighted by Crippen LogP contribution is -2.15. The zero-order chi connectivity index (χ0) is 12.0. The van der Waals surface area contributed by atoms with Crippen LogP contribution in [0.4, 0.5) is 0 Å². The van der Waals surface area contributed by atoms with E-state index in [9.17, 15) is 0 Å². The molecule has 0 aromatic heterocycles. The van der Waals surface area contributed by atoms with Crippen molar-refractivity contribution in [1.82, 2.24) is 0 Å². The fourth-order valence-corrected chi connectivity index (χ4v) is 2.15. The van der Waals surface area contributed by atoms with E-state index in [0.29, 0.717) is 5.92 Å². The summed E-state index contributed by atoms with van der Waals surface area (Å²) in [7, 11) is 1.91. The minimum Gasteiger partial charge on any atom is -0.292 e. The first kappa shape index (κ1) is 13.0. The normalized spacial score (nSPS) is 13.9. The molecule has 0 fully saturated rings. The lowest BCUT2D eigenvalue weighted by molar-refractivity contribution is 0.595. The van der Waals surface area contributed by atoms with Crippen molar-refractivity contribution < 1.29 is 0 Å². The molecule has 1 heteroatoms. The SMILES string of the molecule is CCCC(CC)C(=NC)c1ccc(C)cc1. The molecule has 0 N–H and O–H groups in total. The molecule has 0 spiro atoms. The molecule has 1 nitrogen and oxygen atoms in total. The number of aliphatic imine (C=N–C) groups is 1. The summed E-state index contributed by atoms with van der Waals surface area (Å²) in [6.07, 6.45) is 3.63. The summed E-state index contributed by atoms with van der Waals surface area (Å²) in [6, 6.07) is 8.71. The molecule has 1 unspecified atom stereocenters. The first-order valence-corrected chi connectivity index (χ1v) is 6.26. The van der Waals surface area contributed by atoms with Gasteiger partial charge in [-0.25, -0.2) is 0 Å². The third-order valence-electron chi connectivity index (χ3n) is 3.10. The second-order valence-electron chi connectivity index (χ2n) is 4.37. The number of rotatable bonds is 5. The summed E-state index contributed by atoms with van der Waals surface area (Å²) in [5.74, 6) is 0.609. The lowest BCUT2D eigenvalue weighted by Gasteiger charge is -2.17. The molecule has 0 aliphatic carbocycles. The fraction of sp³-hybridized carbons (Fsp3) is 0.533. The van der Waals surface area contributed by atoms with Crippen molar-refractivity contribution in [3.63, 3.8) is 0 Å². The largest absolute Gasteiger partial charge is 0.292 e. The maximum Gasteiger partial charge on any atom is 0.0447 e. The van der Waals surface area contributed by atoms with Gasteiger partial charge in [0, 0.05) is 18.7 Å². The molecule has 0 radical (unpaired) electrons. The Morgan fingerprint density at radius 2 is 1.81 bits per heavy atom. The van der Waals surface area contributed by atoms with Crippen molar-refractivity contribution in [2.45, 2.75) is 40.0 Å². The van der Waals surface area contributed by atoms with Crippen LogP contribution in [0.15, 0.2) is 29.3 Å². The predicted octanol–water partition coefficient (Wildman–Crippen LogP) is 4.24. The Kier molecular flexibility index (Phi) is 5.24. The third kappa shape index (κ3) is 3.19. The van der Waals surface area contributed by atoms with E-state index in [0.717, 1.165) is 0 Å². The highest BCUT2D eigenvalue weighted by molar-refractivity contribution is 6.02. The zero-order valence-corrected chi connectivity index (χ0v) is 11.0. The Morgan fingerprint density at radius 1 is 1.19 bits per heavy atom. The van der Waals surface area contributed by atoms with Crippen molar-refractivity contribution in [3.8, 4) is 0 Å². The van der Waals surface area contributed by atoms with Gasteiger partial charge in [-0.3, -0.25) is 4.99 Å². The molecule has 0 heterocycles. The maximum absolute atomic E-state index is 4.49. The van der Waals surface area contributed by atoms with Crippen LogP contribution in [0.1, 0.15) is 44.2 Å². The summed E-state index contributed by atoms with van der Waals surface area (Å²) < 4.78 is 0. The van der Waals surface area contributed by atoms with Gasteiger partial charge in [-0.1, -0.05) is 50.1 Å². The molecule has 16 heavy (non-hydrogen) atoms. The molecule has 1 aromatic rings. The van der Waals surface area contributed by atoms with E-state index < -0.39 is 0 Å². The minimum atomic E-state index is 0.609. The summed E-state index contributed by atoms with van der Waals surface area (Å²) in [6.45, 7) is 6.61. The molecule has 1 aromatic carbocycles. The van der Waals surface area contributed by atoms with Crippen LogP contribution in [0.5, 0.6) is 0 Å². The third-order valence-corrected chi connectivity index (χ3v) is 3.10. The van der Waals surface area contributed by atoms with Crippen LogP contribution in [-0.4, -0.2) is 12.8 Å². The second kappa shape index (κ2) is 6.47. The first-order valence-electron chi connectivity index (χ1n) is 6.26. The van der Waals surface area contributed by atoms with Crippen molar-refractivity contribution in [2.24, 2.45) is 10.9 Å². The highest BCUT2D eigenvalue weighted by Crippen LogP contribution is 2.19. The Bertz CT molecular complexity index is 335. The number of hydrogen-bond acceptors (Lipinski definition) is 1. The Morgan fingerprint density at radius 3 is 2.25 bits per heavy atom. The highest BCUT2D eigenvalue weighted by Gasteiger charge is 2.14. The molecule has 1 atom stereocenters. The van der Waals surface area contributed by atoms with Gasteiger partial charge in [-0.05, 0) is 25.3 Å². The standard InChI is InChI=1S/C15H23N/c1-5-7-13(6-2)15(16-4)14-10-8-12(3)9-11-14/h8-11,13H,5-7H2,1-4H3. The van der Waals surface area contributed by atoms with Crippen LogP contribution in [0.2, 0.25) is 0 Å². The van der Waals surface area contributed by atoms with Crippen molar-refractivity contribution in [1.29, 1.82) is 0 Å². The summed E-state index contributed by atoms with van der Waals surface area (Å²) in [5, 5.41) is 0. The topological polar surface area (TPSA) is 12.4 Å². The van der Waals surface area contributed by atoms with Crippen LogP contribution >= 0.6 is 0 Å². The molecule has 88 valence electrons. The zero-order valence-electron chi connectivity index (χ0n) is 11.0. The summed E-state index contributed by atoms with van der Waals surface area (Å²) in [5.41, 5.74) is 3.86. The number of nitrogens with zero attached hydrogens (tertiary/aromatic N) is 1. The van der Waals surface area contributed by atoms with Gasteiger partial charge < -0.3 is 0 Å². The van der Waals surface area contributed by atoms with Gasteiger partial charge in [0.1, 0.15) is 0 Å². The van der Waals surface area contributed by atoms with Gasteiger partial charge in [-0.2, -0.15) is 0 Å². The van der Waals surface area contributed by atoms with Crippen molar-refractivity contribution >= 4 is 5.71 Å². The maximum atomic E-state index is 4.49.